The van der Waals surface area contributed by atoms with Gasteiger partial charge in [0.1, 0.15) is 10.6 Å². The molecule has 3 aromatic carbocycles. The van der Waals surface area contributed by atoms with Crippen LogP contribution >= 0.6 is 22.9 Å². The van der Waals surface area contributed by atoms with Crippen LogP contribution in [-0.4, -0.2) is 31.8 Å². The van der Waals surface area contributed by atoms with Gasteiger partial charge in [0.05, 0.1) is 18.3 Å². The third-order valence-corrected chi connectivity index (χ3v) is 6.28. The second-order valence-electron chi connectivity index (χ2n) is 6.94. The van der Waals surface area contributed by atoms with Crippen molar-refractivity contribution in [2.45, 2.75) is 0 Å². The number of benzene rings is 3. The Hall–Kier alpha value is -3.88. The zero-order valence-corrected chi connectivity index (χ0v) is 19.6. The molecule has 4 rings (SSSR count). The van der Waals surface area contributed by atoms with E-state index in [-0.39, 0.29) is 6.61 Å². The second-order valence-corrected chi connectivity index (χ2v) is 8.37. The fourth-order valence-corrected chi connectivity index (χ4v) is 4.43. The van der Waals surface area contributed by atoms with E-state index in [0.29, 0.717) is 32.7 Å². The minimum absolute atomic E-state index is 0.231. The number of fused-ring (bicyclic) bond motifs is 1. The first kappa shape index (κ1) is 23.3. The van der Waals surface area contributed by atoms with Crippen LogP contribution in [0, 0.1) is 0 Å². The summed E-state index contributed by atoms with van der Waals surface area (Å²) < 4.78 is 17.0. The summed E-state index contributed by atoms with van der Waals surface area (Å²) in [6.07, 6.45) is 1.44. The molecule has 0 aliphatic heterocycles. The van der Waals surface area contributed by atoms with Crippen molar-refractivity contribution in [1.82, 2.24) is 5.43 Å². The summed E-state index contributed by atoms with van der Waals surface area (Å²) in [6, 6.07) is 21.3. The van der Waals surface area contributed by atoms with E-state index in [9.17, 15) is 9.59 Å². The van der Waals surface area contributed by atoms with Crippen molar-refractivity contribution in [3.05, 3.63) is 88.3 Å². The van der Waals surface area contributed by atoms with Crippen molar-refractivity contribution < 1.29 is 23.8 Å². The van der Waals surface area contributed by atoms with Gasteiger partial charge in [-0.05, 0) is 35.9 Å². The van der Waals surface area contributed by atoms with Gasteiger partial charge >= 0.3 is 5.97 Å². The highest BCUT2D eigenvalue weighted by molar-refractivity contribution is 7.21. The van der Waals surface area contributed by atoms with Gasteiger partial charge in [-0.1, -0.05) is 54.1 Å². The van der Waals surface area contributed by atoms with Gasteiger partial charge in [0, 0.05) is 10.1 Å². The third-order valence-electron chi connectivity index (χ3n) is 4.62. The van der Waals surface area contributed by atoms with Gasteiger partial charge in [0.2, 0.25) is 0 Å². The monoisotopic (exact) mass is 494 g/mol. The van der Waals surface area contributed by atoms with E-state index in [2.05, 4.69) is 10.5 Å². The lowest BCUT2D eigenvalue weighted by molar-refractivity contribution is -0.123. The van der Waals surface area contributed by atoms with Crippen molar-refractivity contribution in [1.29, 1.82) is 0 Å². The summed E-state index contributed by atoms with van der Waals surface area (Å²) >= 11 is 7.64. The number of methoxy groups -OCH3 is 1. The Morgan fingerprint density at radius 2 is 1.79 bits per heavy atom. The number of ether oxygens (including phenoxy) is 3. The number of halogens is 1. The molecule has 9 heteroatoms. The van der Waals surface area contributed by atoms with Gasteiger partial charge in [-0.25, -0.2) is 10.2 Å². The number of nitrogens with one attached hydrogen (secondary N) is 1. The Morgan fingerprint density at radius 1 is 1.03 bits per heavy atom. The molecule has 0 aliphatic carbocycles. The summed E-state index contributed by atoms with van der Waals surface area (Å²) in [6.45, 7) is -0.231. The van der Waals surface area contributed by atoms with Gasteiger partial charge in [-0.2, -0.15) is 5.10 Å². The summed E-state index contributed by atoms with van der Waals surface area (Å²) in [4.78, 5) is 25.0. The molecule has 1 aromatic heterocycles. The first-order valence-corrected chi connectivity index (χ1v) is 11.3. The molecule has 0 atom stereocenters. The molecule has 0 bridgehead atoms. The van der Waals surface area contributed by atoms with Gasteiger partial charge in [0.25, 0.3) is 5.91 Å². The highest BCUT2D eigenvalue weighted by atomic mass is 35.5. The maximum Gasteiger partial charge on any atom is 0.355 e. The van der Waals surface area contributed by atoms with Crippen LogP contribution in [-0.2, 0) is 4.79 Å². The van der Waals surface area contributed by atoms with Crippen molar-refractivity contribution in [3.63, 3.8) is 0 Å². The first-order chi connectivity index (χ1) is 16.5. The minimum Gasteiger partial charge on any atom is -0.493 e. The molecule has 0 spiro atoms. The number of hydrogen-bond donors (Lipinski definition) is 1. The number of carbonyl (C=O) groups excluding carboxylic acids is 2. The Kier molecular flexibility index (Phi) is 7.41. The molecule has 0 unspecified atom stereocenters. The van der Waals surface area contributed by atoms with Crippen LogP contribution in [0.1, 0.15) is 15.2 Å². The fourth-order valence-electron chi connectivity index (χ4n) is 3.05. The number of thiophene rings is 1. The number of para-hydroxylation sites is 2. The second kappa shape index (κ2) is 10.8. The molecule has 0 radical (unpaired) electrons. The Labute approximate surface area is 204 Å². The number of carbonyl (C=O) groups is 2. The van der Waals surface area contributed by atoms with E-state index < -0.39 is 11.9 Å². The molecule has 0 saturated carbocycles. The Bertz CT molecular complexity index is 1370. The molecule has 1 N–H and O–H groups in total. The lowest BCUT2D eigenvalue weighted by atomic mass is 10.2. The quantitative estimate of drug-likeness (QED) is 0.155. The highest BCUT2D eigenvalue weighted by Gasteiger charge is 2.19. The van der Waals surface area contributed by atoms with Crippen LogP contribution in [0.3, 0.4) is 0 Å². The zero-order chi connectivity index (χ0) is 23.9. The molecule has 0 aliphatic rings. The van der Waals surface area contributed by atoms with Crippen LogP contribution in [0.2, 0.25) is 5.02 Å². The Morgan fingerprint density at radius 3 is 2.59 bits per heavy atom. The summed E-state index contributed by atoms with van der Waals surface area (Å²) in [7, 11) is 1.52. The van der Waals surface area contributed by atoms with Crippen molar-refractivity contribution in [2.24, 2.45) is 5.10 Å². The average molecular weight is 495 g/mol. The number of nitrogens with zero attached hydrogens (tertiary/aromatic N) is 1. The number of hydrazone groups is 1. The largest absolute Gasteiger partial charge is 0.493 e. The molecule has 7 nitrogen and oxygen atoms in total. The zero-order valence-electron chi connectivity index (χ0n) is 18.0. The maximum atomic E-state index is 12.6. The van der Waals surface area contributed by atoms with Crippen molar-refractivity contribution >= 4 is 51.1 Å². The normalized spacial score (nSPS) is 10.9. The number of hydrogen-bond acceptors (Lipinski definition) is 7. The Balaban J connectivity index is 1.34. The van der Waals surface area contributed by atoms with Crippen molar-refractivity contribution in [3.8, 4) is 17.2 Å². The lowest BCUT2D eigenvalue weighted by Gasteiger charge is -2.09. The first-order valence-electron chi connectivity index (χ1n) is 10.1. The van der Waals surface area contributed by atoms with Crippen LogP contribution in [0.4, 0.5) is 0 Å². The van der Waals surface area contributed by atoms with Gasteiger partial charge in [-0.3, -0.25) is 4.79 Å². The summed E-state index contributed by atoms with van der Waals surface area (Å²) in [5.41, 5.74) is 3.01. The van der Waals surface area contributed by atoms with Gasteiger partial charge in [0.15, 0.2) is 18.1 Å². The molecule has 34 heavy (non-hydrogen) atoms. The topological polar surface area (TPSA) is 86.2 Å². The van der Waals surface area contributed by atoms with Gasteiger partial charge in [-0.15, -0.1) is 11.3 Å². The molecule has 1 heterocycles. The predicted octanol–water partition coefficient (Wildman–Crippen LogP) is 5.31. The molecule has 172 valence electrons. The van der Waals surface area contributed by atoms with Crippen LogP contribution in [0.15, 0.2) is 77.9 Å². The van der Waals surface area contributed by atoms with E-state index >= 15 is 0 Å². The van der Waals surface area contributed by atoms with Crippen LogP contribution in [0.25, 0.3) is 10.1 Å². The molecule has 1 amide bonds. The van der Waals surface area contributed by atoms with E-state index in [4.69, 9.17) is 25.8 Å². The van der Waals surface area contributed by atoms with Crippen molar-refractivity contribution in [2.75, 3.05) is 13.7 Å². The fraction of sp³-hybridized carbons (Fsp3) is 0.0800. The van der Waals surface area contributed by atoms with Crippen LogP contribution in [0.5, 0.6) is 17.2 Å². The van der Waals surface area contributed by atoms with Crippen LogP contribution < -0.4 is 19.6 Å². The van der Waals surface area contributed by atoms with E-state index in [0.717, 1.165) is 10.1 Å². The summed E-state index contributed by atoms with van der Waals surface area (Å²) in [5.74, 6) is 0.332. The smallest absolute Gasteiger partial charge is 0.355 e. The molecule has 0 saturated heterocycles. The SMILES string of the molecule is COc1ccccc1OCC(=O)N/N=C/c1cccc(OC(=O)c2sc3ccccc3c2Cl)c1. The molecular formula is C25H19ClN2O5S. The average Bonchev–Trinajstić information content (AvgIpc) is 3.20. The van der Waals surface area contributed by atoms with E-state index in [1.807, 2.05) is 24.3 Å². The standard InChI is InChI=1S/C25H19ClN2O5S/c1-31-19-10-3-4-11-20(19)32-15-22(29)28-27-14-16-7-6-8-17(13-16)33-25(30)24-23(26)18-9-2-5-12-21(18)34-24/h2-14H,15H2,1H3,(H,28,29)/b27-14+. The number of rotatable bonds is 8. The maximum absolute atomic E-state index is 12.6. The third kappa shape index (κ3) is 5.54. The number of amides is 1. The molecule has 4 aromatic rings. The predicted molar refractivity (Wildman–Crippen MR) is 132 cm³/mol. The van der Waals surface area contributed by atoms with Gasteiger partial charge < -0.3 is 14.2 Å². The van der Waals surface area contributed by atoms with E-state index in [1.54, 1.807) is 48.5 Å². The summed E-state index contributed by atoms with van der Waals surface area (Å²) in [5, 5.41) is 5.11. The number of esters is 1. The highest BCUT2D eigenvalue weighted by Crippen LogP contribution is 2.35. The van der Waals surface area contributed by atoms with E-state index in [1.165, 1.54) is 24.7 Å². The minimum atomic E-state index is -0.540. The molecule has 0 fully saturated rings. The molecular weight excluding hydrogens is 476 g/mol. The lowest BCUT2D eigenvalue weighted by Crippen LogP contribution is -2.24.